The fraction of sp³-hybridized carbons (Fsp3) is 0.222. The molecular formula is C18H18N2O4. The van der Waals surface area contributed by atoms with Crippen molar-refractivity contribution in [3.8, 4) is 23.6 Å². The highest BCUT2D eigenvalue weighted by molar-refractivity contribution is 5.67. The molecule has 0 atom stereocenters. The second kappa shape index (κ2) is 11.2. The third-order valence-electron chi connectivity index (χ3n) is 2.69. The SMILES string of the molecule is C=COCCOc1ccc(C=C(C#N)C#N)c(OCCOC=C)c1. The lowest BCUT2D eigenvalue weighted by molar-refractivity contribution is 0.174. The lowest BCUT2D eigenvalue weighted by atomic mass is 10.1. The Kier molecular flexibility index (Phi) is 8.73. The number of benzene rings is 1. The predicted octanol–water partition coefficient (Wildman–Crippen LogP) is 3.19. The van der Waals surface area contributed by atoms with Gasteiger partial charge in [-0.25, -0.2) is 0 Å². The Morgan fingerprint density at radius 1 is 0.958 bits per heavy atom. The molecule has 0 aliphatic heterocycles. The van der Waals surface area contributed by atoms with Crippen LogP contribution in [0.25, 0.3) is 6.08 Å². The van der Waals surface area contributed by atoms with Crippen molar-refractivity contribution < 1.29 is 18.9 Å². The molecule has 0 bridgehead atoms. The van der Waals surface area contributed by atoms with E-state index < -0.39 is 0 Å². The Bertz CT molecular complexity index is 653. The number of ether oxygens (including phenoxy) is 4. The molecule has 0 aliphatic carbocycles. The van der Waals surface area contributed by atoms with Crippen LogP contribution in [0.5, 0.6) is 11.5 Å². The second-order valence-corrected chi connectivity index (χ2v) is 4.25. The minimum atomic E-state index is -0.0183. The van der Waals surface area contributed by atoms with E-state index >= 15 is 0 Å². The van der Waals surface area contributed by atoms with Crippen LogP contribution in [0.15, 0.2) is 49.5 Å². The van der Waals surface area contributed by atoms with E-state index in [2.05, 4.69) is 13.2 Å². The molecule has 0 aromatic heterocycles. The summed E-state index contributed by atoms with van der Waals surface area (Å²) in [4.78, 5) is 0. The molecule has 0 radical (unpaired) electrons. The van der Waals surface area contributed by atoms with Crippen molar-refractivity contribution in [2.24, 2.45) is 0 Å². The number of hydrogen-bond acceptors (Lipinski definition) is 6. The average Bonchev–Trinajstić information content (AvgIpc) is 2.61. The Hall–Kier alpha value is -3.38. The van der Waals surface area contributed by atoms with Crippen molar-refractivity contribution in [2.75, 3.05) is 26.4 Å². The van der Waals surface area contributed by atoms with Gasteiger partial charge in [0.15, 0.2) is 0 Å². The molecule has 1 aromatic carbocycles. The highest BCUT2D eigenvalue weighted by Gasteiger charge is 2.07. The first-order chi connectivity index (χ1) is 11.7. The maximum absolute atomic E-state index is 8.89. The van der Waals surface area contributed by atoms with Crippen LogP contribution in [-0.2, 0) is 9.47 Å². The number of allylic oxidation sites excluding steroid dienone is 1. The molecule has 6 nitrogen and oxygen atoms in total. The van der Waals surface area contributed by atoms with Gasteiger partial charge in [0.25, 0.3) is 0 Å². The minimum absolute atomic E-state index is 0.0183. The van der Waals surface area contributed by atoms with E-state index in [1.807, 2.05) is 12.1 Å². The van der Waals surface area contributed by atoms with Crippen LogP contribution in [0.1, 0.15) is 5.56 Å². The molecule has 24 heavy (non-hydrogen) atoms. The summed E-state index contributed by atoms with van der Waals surface area (Å²) in [6.07, 6.45) is 4.12. The van der Waals surface area contributed by atoms with Crippen molar-refractivity contribution in [1.29, 1.82) is 10.5 Å². The average molecular weight is 326 g/mol. The summed E-state index contributed by atoms with van der Waals surface area (Å²) in [6, 6.07) is 8.74. The van der Waals surface area contributed by atoms with Gasteiger partial charge in [-0.15, -0.1) is 0 Å². The molecule has 1 rings (SSSR count). The quantitative estimate of drug-likeness (QED) is 0.353. The van der Waals surface area contributed by atoms with Crippen LogP contribution in [0.4, 0.5) is 0 Å². The van der Waals surface area contributed by atoms with Crippen LogP contribution < -0.4 is 9.47 Å². The monoisotopic (exact) mass is 326 g/mol. The fourth-order valence-corrected chi connectivity index (χ4v) is 1.67. The molecule has 0 heterocycles. The summed E-state index contributed by atoms with van der Waals surface area (Å²) in [6.45, 7) is 8.23. The Morgan fingerprint density at radius 2 is 1.58 bits per heavy atom. The van der Waals surface area contributed by atoms with Crippen molar-refractivity contribution in [3.05, 3.63) is 55.0 Å². The molecule has 0 N–H and O–H groups in total. The molecule has 6 heteroatoms. The Balaban J connectivity index is 2.90. The summed E-state index contributed by atoms with van der Waals surface area (Å²) in [5.74, 6) is 1.06. The molecule has 0 fully saturated rings. The largest absolute Gasteiger partial charge is 0.498 e. The molecule has 1 aromatic rings. The number of rotatable bonds is 11. The lowest BCUT2D eigenvalue weighted by Gasteiger charge is -2.12. The normalized spacial score (nSPS) is 8.92. The van der Waals surface area contributed by atoms with Gasteiger partial charge in [-0.05, 0) is 18.2 Å². The lowest BCUT2D eigenvalue weighted by Crippen LogP contribution is -2.06. The van der Waals surface area contributed by atoms with Crippen molar-refractivity contribution >= 4 is 6.08 Å². The van der Waals surface area contributed by atoms with Crippen LogP contribution >= 0.6 is 0 Å². The summed E-state index contributed by atoms with van der Waals surface area (Å²) < 4.78 is 21.2. The molecule has 124 valence electrons. The molecule has 0 unspecified atom stereocenters. The van der Waals surface area contributed by atoms with Crippen molar-refractivity contribution in [3.63, 3.8) is 0 Å². The second-order valence-electron chi connectivity index (χ2n) is 4.25. The Morgan fingerprint density at radius 3 is 2.17 bits per heavy atom. The van der Waals surface area contributed by atoms with Gasteiger partial charge < -0.3 is 18.9 Å². The Labute approximate surface area is 141 Å². The van der Waals surface area contributed by atoms with E-state index in [0.717, 1.165) is 0 Å². The van der Waals surface area contributed by atoms with Gasteiger partial charge in [-0.1, -0.05) is 13.2 Å². The van der Waals surface area contributed by atoms with E-state index in [9.17, 15) is 0 Å². The minimum Gasteiger partial charge on any atom is -0.498 e. The first-order valence-corrected chi connectivity index (χ1v) is 7.11. The van der Waals surface area contributed by atoms with Gasteiger partial charge in [-0.3, -0.25) is 0 Å². The summed E-state index contributed by atoms with van der Waals surface area (Å²) in [5.41, 5.74) is 0.580. The molecule has 0 spiro atoms. The van der Waals surface area contributed by atoms with E-state index in [4.69, 9.17) is 29.5 Å². The molecule has 0 saturated heterocycles. The molecule has 0 saturated carbocycles. The zero-order valence-corrected chi connectivity index (χ0v) is 13.2. The van der Waals surface area contributed by atoms with E-state index in [1.54, 1.807) is 18.2 Å². The number of nitrogens with zero attached hydrogens (tertiary/aromatic N) is 2. The smallest absolute Gasteiger partial charge is 0.130 e. The first kappa shape index (κ1) is 18.7. The zero-order valence-electron chi connectivity index (χ0n) is 13.2. The van der Waals surface area contributed by atoms with Crippen LogP contribution in [0, 0.1) is 22.7 Å². The molecule has 0 aliphatic rings. The summed E-state index contributed by atoms with van der Waals surface area (Å²) in [7, 11) is 0. The number of hydrogen-bond donors (Lipinski definition) is 0. The van der Waals surface area contributed by atoms with Gasteiger partial charge in [0.1, 0.15) is 55.6 Å². The van der Waals surface area contributed by atoms with Crippen LogP contribution in [0.2, 0.25) is 0 Å². The number of nitriles is 2. The zero-order chi connectivity index (χ0) is 17.6. The van der Waals surface area contributed by atoms with E-state index in [-0.39, 0.29) is 12.2 Å². The van der Waals surface area contributed by atoms with Gasteiger partial charge in [0.05, 0.1) is 12.5 Å². The van der Waals surface area contributed by atoms with Gasteiger partial charge in [0.2, 0.25) is 0 Å². The maximum Gasteiger partial charge on any atom is 0.130 e. The van der Waals surface area contributed by atoms with Gasteiger partial charge in [0, 0.05) is 11.6 Å². The van der Waals surface area contributed by atoms with Crippen molar-refractivity contribution in [1.82, 2.24) is 0 Å². The van der Waals surface area contributed by atoms with E-state index in [1.165, 1.54) is 18.6 Å². The highest BCUT2D eigenvalue weighted by Crippen LogP contribution is 2.27. The van der Waals surface area contributed by atoms with Crippen LogP contribution in [0.3, 0.4) is 0 Å². The maximum atomic E-state index is 8.89. The third-order valence-corrected chi connectivity index (χ3v) is 2.69. The standard InChI is InChI=1S/C18H18N2O4/c1-3-21-7-9-23-17-6-5-16(11-15(13-19)14-20)18(12-17)24-10-8-22-4-2/h3-6,11-12H,1-2,7-10H2. The highest BCUT2D eigenvalue weighted by atomic mass is 16.5. The van der Waals surface area contributed by atoms with E-state index in [0.29, 0.717) is 36.9 Å². The summed E-state index contributed by atoms with van der Waals surface area (Å²) in [5, 5.41) is 17.8. The summed E-state index contributed by atoms with van der Waals surface area (Å²) >= 11 is 0. The fourth-order valence-electron chi connectivity index (χ4n) is 1.67. The van der Waals surface area contributed by atoms with Gasteiger partial charge in [-0.2, -0.15) is 10.5 Å². The van der Waals surface area contributed by atoms with Crippen LogP contribution in [-0.4, -0.2) is 26.4 Å². The molecule has 0 amide bonds. The third kappa shape index (κ3) is 6.59. The first-order valence-electron chi connectivity index (χ1n) is 7.11. The predicted molar refractivity (Wildman–Crippen MR) is 88.9 cm³/mol. The topological polar surface area (TPSA) is 84.5 Å². The van der Waals surface area contributed by atoms with Gasteiger partial charge >= 0.3 is 0 Å². The van der Waals surface area contributed by atoms with Crippen molar-refractivity contribution in [2.45, 2.75) is 0 Å². The molecular weight excluding hydrogens is 308 g/mol.